The van der Waals surface area contributed by atoms with Crippen LogP contribution in [-0.4, -0.2) is 49.5 Å². The monoisotopic (exact) mass is 431 g/mol. The summed E-state index contributed by atoms with van der Waals surface area (Å²) in [5.74, 6) is -1.01. The quantitative estimate of drug-likeness (QED) is 0.729. The van der Waals surface area contributed by atoms with Crippen molar-refractivity contribution in [2.45, 2.75) is 22.6 Å². The van der Waals surface area contributed by atoms with Crippen LogP contribution in [0.5, 0.6) is 0 Å². The minimum atomic E-state index is -3.88. The van der Waals surface area contributed by atoms with Gasteiger partial charge in [0.05, 0.1) is 21.2 Å². The molecule has 0 radical (unpaired) electrons. The van der Waals surface area contributed by atoms with Gasteiger partial charge in [0.1, 0.15) is 12.6 Å². The van der Waals surface area contributed by atoms with Gasteiger partial charge in [-0.15, -0.1) is 0 Å². The molecular weight excluding hydrogens is 414 g/mol. The number of hydrogen-bond donors (Lipinski definition) is 1. The molecule has 1 aliphatic heterocycles. The Morgan fingerprint density at radius 3 is 2.45 bits per heavy atom. The van der Waals surface area contributed by atoms with Crippen LogP contribution in [0.15, 0.2) is 59.5 Å². The Balaban J connectivity index is 1.94. The summed E-state index contributed by atoms with van der Waals surface area (Å²) in [5.41, 5.74) is 0.348. The second-order valence-corrected chi connectivity index (χ2v) is 9.15. The van der Waals surface area contributed by atoms with Crippen molar-refractivity contribution in [2.75, 3.05) is 13.1 Å². The van der Waals surface area contributed by atoms with Crippen molar-refractivity contribution in [3.63, 3.8) is 0 Å². The topological polar surface area (TPSA) is 107 Å². The van der Waals surface area contributed by atoms with Crippen LogP contribution in [0.1, 0.15) is 16.8 Å². The predicted octanol–water partition coefficient (Wildman–Crippen LogP) is 2.04. The molecule has 1 fully saturated rings. The van der Waals surface area contributed by atoms with Crippen molar-refractivity contribution in [3.8, 4) is 6.07 Å². The zero-order valence-corrected chi connectivity index (χ0v) is 16.9. The van der Waals surface area contributed by atoms with Crippen molar-refractivity contribution < 1.29 is 18.0 Å². The fourth-order valence-corrected chi connectivity index (χ4v) is 5.56. The Hall–Kier alpha value is -2.89. The van der Waals surface area contributed by atoms with Crippen LogP contribution in [-0.2, 0) is 14.6 Å². The van der Waals surface area contributed by atoms with E-state index in [0.717, 1.165) is 0 Å². The smallest absolute Gasteiger partial charge is 0.254 e. The number of carbonyl (C=O) groups is 2. The number of nitriles is 1. The van der Waals surface area contributed by atoms with Gasteiger partial charge in [-0.25, -0.2) is 8.42 Å². The van der Waals surface area contributed by atoms with Gasteiger partial charge in [0.2, 0.25) is 5.91 Å². The summed E-state index contributed by atoms with van der Waals surface area (Å²) in [4.78, 5) is 26.7. The Kier molecular flexibility index (Phi) is 6.20. The maximum Gasteiger partial charge on any atom is 0.254 e. The molecule has 0 bridgehead atoms. The molecule has 0 unspecified atom stereocenters. The second kappa shape index (κ2) is 8.64. The Bertz CT molecular complexity index is 1070. The fourth-order valence-electron chi connectivity index (χ4n) is 3.34. The molecule has 2 aromatic carbocycles. The maximum atomic E-state index is 13.1. The van der Waals surface area contributed by atoms with Crippen LogP contribution < -0.4 is 5.32 Å². The zero-order valence-electron chi connectivity index (χ0n) is 15.3. The van der Waals surface area contributed by atoms with Crippen molar-refractivity contribution in [3.05, 3.63) is 65.2 Å². The van der Waals surface area contributed by atoms with Crippen molar-refractivity contribution >= 4 is 33.3 Å². The number of carbonyl (C=O) groups excluding carboxylic acids is 2. The third-order valence-corrected chi connectivity index (χ3v) is 7.40. The van der Waals surface area contributed by atoms with Gasteiger partial charge < -0.3 is 10.2 Å². The molecule has 0 saturated carbocycles. The van der Waals surface area contributed by atoms with Gasteiger partial charge in [-0.05, 0) is 30.7 Å². The SMILES string of the molecule is N#CCNC(=O)[C@@H]1C[C@@H](S(=O)(=O)c2ccccc2Cl)CN1C(=O)c1ccccc1. The summed E-state index contributed by atoms with van der Waals surface area (Å²) in [6, 6.07) is 15.2. The Morgan fingerprint density at radius 2 is 1.79 bits per heavy atom. The Labute approximate surface area is 173 Å². The number of halogens is 1. The molecule has 0 spiro atoms. The molecule has 7 nitrogen and oxygen atoms in total. The molecule has 2 aromatic rings. The number of amides is 2. The molecule has 2 amide bonds. The summed E-state index contributed by atoms with van der Waals surface area (Å²) in [6.07, 6.45) is -0.0800. The lowest BCUT2D eigenvalue weighted by atomic mass is 10.1. The van der Waals surface area contributed by atoms with E-state index in [2.05, 4.69) is 5.32 Å². The van der Waals surface area contributed by atoms with E-state index in [1.54, 1.807) is 48.5 Å². The Morgan fingerprint density at radius 1 is 1.14 bits per heavy atom. The van der Waals surface area contributed by atoms with E-state index in [4.69, 9.17) is 16.9 Å². The number of rotatable bonds is 5. The normalized spacial score (nSPS) is 18.8. The van der Waals surface area contributed by atoms with Crippen molar-refractivity contribution in [1.29, 1.82) is 5.26 Å². The van der Waals surface area contributed by atoms with Crippen LogP contribution in [0, 0.1) is 11.3 Å². The number of nitrogens with zero attached hydrogens (tertiary/aromatic N) is 2. The first kappa shape index (κ1) is 20.8. The van der Waals surface area contributed by atoms with E-state index in [0.29, 0.717) is 5.56 Å². The van der Waals surface area contributed by atoms with Gasteiger partial charge >= 0.3 is 0 Å². The van der Waals surface area contributed by atoms with Gasteiger partial charge in [-0.3, -0.25) is 9.59 Å². The number of hydrogen-bond acceptors (Lipinski definition) is 5. The third kappa shape index (κ3) is 4.26. The first-order chi connectivity index (χ1) is 13.9. The second-order valence-electron chi connectivity index (χ2n) is 6.55. The molecule has 3 rings (SSSR count). The molecule has 1 saturated heterocycles. The van der Waals surface area contributed by atoms with Crippen molar-refractivity contribution in [2.24, 2.45) is 0 Å². The van der Waals surface area contributed by atoms with Crippen LogP contribution in [0.3, 0.4) is 0 Å². The van der Waals surface area contributed by atoms with E-state index < -0.39 is 32.9 Å². The third-order valence-electron chi connectivity index (χ3n) is 4.77. The highest BCUT2D eigenvalue weighted by Gasteiger charge is 2.45. The van der Waals surface area contributed by atoms with Crippen molar-refractivity contribution in [1.82, 2.24) is 10.2 Å². The highest BCUT2D eigenvalue weighted by Crippen LogP contribution is 2.32. The lowest BCUT2D eigenvalue weighted by Crippen LogP contribution is -2.46. The largest absolute Gasteiger partial charge is 0.341 e. The number of likely N-dealkylation sites (tertiary alicyclic amines) is 1. The molecule has 1 aliphatic rings. The molecule has 9 heteroatoms. The standard InChI is InChI=1S/C20H18ClN3O4S/c21-16-8-4-5-9-18(16)29(27,28)15-12-17(19(25)23-11-10-22)24(13-15)20(26)14-6-2-1-3-7-14/h1-9,15,17H,11-13H2,(H,23,25)/t15-,17+/m1/s1. The lowest BCUT2D eigenvalue weighted by molar-refractivity contribution is -0.124. The molecule has 29 heavy (non-hydrogen) atoms. The minimum Gasteiger partial charge on any atom is -0.341 e. The van der Waals surface area contributed by atoms with E-state index in [-0.39, 0.29) is 29.4 Å². The van der Waals surface area contributed by atoms with Crippen LogP contribution >= 0.6 is 11.6 Å². The van der Waals surface area contributed by atoms with Gasteiger partial charge in [0.25, 0.3) is 5.91 Å². The van der Waals surface area contributed by atoms with E-state index in [1.165, 1.54) is 17.0 Å². The number of nitrogens with one attached hydrogen (secondary N) is 1. The van der Waals surface area contributed by atoms with Gasteiger partial charge in [0.15, 0.2) is 9.84 Å². The fraction of sp³-hybridized carbons (Fsp3) is 0.250. The average molecular weight is 432 g/mol. The summed E-state index contributed by atoms with van der Waals surface area (Å²) in [6.45, 7) is -0.378. The summed E-state index contributed by atoms with van der Waals surface area (Å²) >= 11 is 6.07. The molecule has 150 valence electrons. The highest BCUT2D eigenvalue weighted by molar-refractivity contribution is 7.92. The summed E-state index contributed by atoms with van der Waals surface area (Å²) in [7, 11) is -3.88. The average Bonchev–Trinajstić information content (AvgIpc) is 3.18. The summed E-state index contributed by atoms with van der Waals surface area (Å²) in [5, 5.41) is 10.2. The van der Waals surface area contributed by atoms with E-state index >= 15 is 0 Å². The van der Waals surface area contributed by atoms with E-state index in [1.807, 2.05) is 0 Å². The first-order valence-electron chi connectivity index (χ1n) is 8.85. The van der Waals surface area contributed by atoms with Crippen LogP contribution in [0.25, 0.3) is 0 Å². The van der Waals surface area contributed by atoms with Gasteiger partial charge in [-0.1, -0.05) is 41.9 Å². The van der Waals surface area contributed by atoms with E-state index in [9.17, 15) is 18.0 Å². The molecule has 1 N–H and O–H groups in total. The molecule has 0 aromatic heterocycles. The van der Waals surface area contributed by atoms with Gasteiger partial charge in [0, 0.05) is 12.1 Å². The number of benzene rings is 2. The number of sulfone groups is 1. The molecule has 2 atom stereocenters. The zero-order chi connectivity index (χ0) is 21.0. The molecule has 0 aliphatic carbocycles. The summed E-state index contributed by atoms with van der Waals surface area (Å²) < 4.78 is 26.3. The molecule has 1 heterocycles. The van der Waals surface area contributed by atoms with Crippen LogP contribution in [0.4, 0.5) is 0 Å². The highest BCUT2D eigenvalue weighted by atomic mass is 35.5. The lowest BCUT2D eigenvalue weighted by Gasteiger charge is -2.23. The maximum absolute atomic E-state index is 13.1. The molecular formula is C20H18ClN3O4S. The first-order valence-corrected chi connectivity index (χ1v) is 10.8. The van der Waals surface area contributed by atoms with Gasteiger partial charge in [-0.2, -0.15) is 5.26 Å². The minimum absolute atomic E-state index is 0.0307. The van der Waals surface area contributed by atoms with Crippen LogP contribution in [0.2, 0.25) is 5.02 Å². The predicted molar refractivity (Wildman–Crippen MR) is 107 cm³/mol.